The summed E-state index contributed by atoms with van der Waals surface area (Å²) < 4.78 is 0. The topological polar surface area (TPSA) is 99.2 Å². The van der Waals surface area contributed by atoms with Crippen molar-refractivity contribution in [2.24, 2.45) is 28.1 Å². The van der Waals surface area contributed by atoms with Gasteiger partial charge in [0.25, 0.3) is 0 Å². The Morgan fingerprint density at radius 3 is 2.74 bits per heavy atom. The number of nitrogens with zero attached hydrogens (tertiary/aromatic N) is 2. The Hall–Kier alpha value is -1.30. The van der Waals surface area contributed by atoms with E-state index in [1.165, 1.54) is 0 Å². The number of amides is 1. The molecule has 108 valence electrons. The highest BCUT2D eigenvalue weighted by Crippen LogP contribution is 2.47. The second-order valence-electron chi connectivity index (χ2n) is 6.00. The molecule has 2 rings (SSSR count). The van der Waals surface area contributed by atoms with Crippen LogP contribution in [0.5, 0.6) is 0 Å². The zero-order valence-corrected chi connectivity index (χ0v) is 11.4. The van der Waals surface area contributed by atoms with Crippen LogP contribution in [0.4, 0.5) is 0 Å². The molecular formula is C13H23N3O3. The Balaban J connectivity index is 2.06. The van der Waals surface area contributed by atoms with E-state index in [1.807, 2.05) is 4.90 Å². The van der Waals surface area contributed by atoms with Gasteiger partial charge in [0.1, 0.15) is 5.41 Å². The van der Waals surface area contributed by atoms with Crippen LogP contribution in [-0.4, -0.2) is 46.7 Å². The van der Waals surface area contributed by atoms with Gasteiger partial charge in [-0.25, -0.2) is 0 Å². The van der Waals surface area contributed by atoms with Gasteiger partial charge in [-0.05, 0) is 37.5 Å². The minimum Gasteiger partial charge on any atom is -0.409 e. The van der Waals surface area contributed by atoms with E-state index >= 15 is 0 Å². The molecule has 0 bridgehead atoms. The highest BCUT2D eigenvalue weighted by Gasteiger charge is 2.54. The van der Waals surface area contributed by atoms with Gasteiger partial charge in [-0.1, -0.05) is 12.1 Å². The number of nitrogens with two attached hydrogens (primary N) is 1. The second-order valence-corrected chi connectivity index (χ2v) is 6.00. The zero-order chi connectivity index (χ0) is 14.0. The van der Waals surface area contributed by atoms with Crippen LogP contribution in [-0.2, 0) is 4.79 Å². The van der Waals surface area contributed by atoms with E-state index in [2.05, 4.69) is 12.1 Å². The number of oxime groups is 1. The molecule has 1 aliphatic carbocycles. The van der Waals surface area contributed by atoms with Gasteiger partial charge in [0.2, 0.25) is 5.91 Å². The summed E-state index contributed by atoms with van der Waals surface area (Å²) in [6, 6.07) is 0. The molecule has 0 aromatic rings. The van der Waals surface area contributed by atoms with E-state index in [-0.39, 0.29) is 18.3 Å². The molecule has 2 aliphatic rings. The molecular weight excluding hydrogens is 246 g/mol. The molecule has 1 unspecified atom stereocenters. The molecule has 0 aromatic carbocycles. The van der Waals surface area contributed by atoms with Gasteiger partial charge in [0.05, 0.1) is 0 Å². The Morgan fingerprint density at radius 2 is 2.21 bits per heavy atom. The van der Waals surface area contributed by atoms with Crippen molar-refractivity contribution < 1.29 is 15.1 Å². The maximum absolute atomic E-state index is 12.6. The number of aliphatic hydroxyl groups excluding tert-OH is 1. The van der Waals surface area contributed by atoms with Gasteiger partial charge < -0.3 is 20.9 Å². The summed E-state index contributed by atoms with van der Waals surface area (Å²) >= 11 is 0. The van der Waals surface area contributed by atoms with Crippen molar-refractivity contribution in [2.75, 3.05) is 19.7 Å². The molecule has 1 atom stereocenters. The van der Waals surface area contributed by atoms with Crippen LogP contribution in [0.1, 0.15) is 32.6 Å². The first-order valence-corrected chi connectivity index (χ1v) is 6.91. The fourth-order valence-electron chi connectivity index (χ4n) is 3.46. The highest BCUT2D eigenvalue weighted by molar-refractivity contribution is 6.07. The Kier molecular flexibility index (Phi) is 3.99. The van der Waals surface area contributed by atoms with Crippen molar-refractivity contribution in [3.05, 3.63) is 0 Å². The lowest BCUT2D eigenvalue weighted by Crippen LogP contribution is -2.57. The Bertz CT molecular complexity index is 377. The number of rotatable bonds is 4. The van der Waals surface area contributed by atoms with Gasteiger partial charge in [-0.3, -0.25) is 4.79 Å². The van der Waals surface area contributed by atoms with E-state index in [0.29, 0.717) is 37.8 Å². The molecule has 2 fully saturated rings. The van der Waals surface area contributed by atoms with Crippen molar-refractivity contribution in [3.8, 4) is 0 Å². The lowest BCUT2D eigenvalue weighted by Gasteiger charge is -2.45. The largest absolute Gasteiger partial charge is 0.409 e. The van der Waals surface area contributed by atoms with Crippen LogP contribution in [0.3, 0.4) is 0 Å². The van der Waals surface area contributed by atoms with Crippen LogP contribution in [0.25, 0.3) is 0 Å². The Labute approximate surface area is 113 Å². The predicted octanol–water partition coefficient (Wildman–Crippen LogP) is 0.380. The third kappa shape index (κ3) is 2.41. The van der Waals surface area contributed by atoms with E-state index in [9.17, 15) is 4.79 Å². The van der Waals surface area contributed by atoms with Crippen LogP contribution in [0, 0.1) is 17.3 Å². The number of aliphatic hydroxyl groups is 1. The summed E-state index contributed by atoms with van der Waals surface area (Å²) in [5.41, 5.74) is 4.96. The van der Waals surface area contributed by atoms with E-state index in [1.54, 1.807) is 0 Å². The van der Waals surface area contributed by atoms with Gasteiger partial charge in [-0.15, -0.1) is 0 Å². The number of likely N-dealkylation sites (tertiary alicyclic amines) is 1. The Morgan fingerprint density at radius 1 is 1.53 bits per heavy atom. The first-order valence-electron chi connectivity index (χ1n) is 6.91. The van der Waals surface area contributed by atoms with Crippen LogP contribution >= 0.6 is 0 Å². The van der Waals surface area contributed by atoms with E-state index in [0.717, 1.165) is 12.8 Å². The van der Waals surface area contributed by atoms with E-state index < -0.39 is 5.41 Å². The molecule has 4 N–H and O–H groups in total. The third-order valence-electron chi connectivity index (χ3n) is 4.51. The van der Waals surface area contributed by atoms with Crippen LogP contribution < -0.4 is 5.73 Å². The normalized spacial score (nSPS) is 35.3. The lowest BCUT2D eigenvalue weighted by molar-refractivity contribution is -0.143. The summed E-state index contributed by atoms with van der Waals surface area (Å²) in [5, 5.41) is 20.9. The second kappa shape index (κ2) is 5.36. The maximum Gasteiger partial charge on any atom is 0.236 e. The molecule has 1 saturated carbocycles. The number of hydrogen-bond donors (Lipinski definition) is 3. The number of carbonyl (C=O) groups excluding carboxylic acids is 1. The van der Waals surface area contributed by atoms with Crippen LogP contribution in [0.2, 0.25) is 0 Å². The zero-order valence-electron chi connectivity index (χ0n) is 11.4. The SMILES string of the molecule is CC1CC(C(=O)N2CCC(CCO)C2)(C(N)=NO)C1. The standard InChI is InChI=1S/C13H23N3O3/c1-9-6-13(7-9,11(14)15-19)12(18)16-4-2-10(8-16)3-5-17/h9-10,17,19H,2-8H2,1H3,(H2,14,15). The van der Waals surface area contributed by atoms with Crippen molar-refractivity contribution in [1.82, 2.24) is 4.90 Å². The number of carbonyl (C=O) groups is 1. The first-order chi connectivity index (χ1) is 9.03. The third-order valence-corrected chi connectivity index (χ3v) is 4.51. The summed E-state index contributed by atoms with van der Waals surface area (Å²) in [6.45, 7) is 3.61. The van der Waals surface area contributed by atoms with Gasteiger partial charge in [0, 0.05) is 19.7 Å². The predicted molar refractivity (Wildman–Crippen MR) is 70.6 cm³/mol. The molecule has 1 saturated heterocycles. The summed E-state index contributed by atoms with van der Waals surface area (Å²) in [4.78, 5) is 14.4. The van der Waals surface area contributed by atoms with Gasteiger partial charge >= 0.3 is 0 Å². The molecule has 1 heterocycles. The quantitative estimate of drug-likeness (QED) is 0.297. The van der Waals surface area contributed by atoms with Crippen molar-refractivity contribution in [1.29, 1.82) is 0 Å². The average molecular weight is 269 g/mol. The first kappa shape index (κ1) is 14.1. The fraction of sp³-hybridized carbons (Fsp3) is 0.846. The summed E-state index contributed by atoms with van der Waals surface area (Å²) in [5.74, 6) is 0.832. The summed E-state index contributed by atoms with van der Waals surface area (Å²) in [6.07, 6.45) is 2.97. The van der Waals surface area contributed by atoms with Gasteiger partial charge in [-0.2, -0.15) is 0 Å². The molecule has 0 radical (unpaired) electrons. The molecule has 6 nitrogen and oxygen atoms in total. The molecule has 0 aromatic heterocycles. The molecule has 1 aliphatic heterocycles. The monoisotopic (exact) mass is 269 g/mol. The minimum atomic E-state index is -0.789. The van der Waals surface area contributed by atoms with Crippen molar-refractivity contribution in [2.45, 2.75) is 32.6 Å². The minimum absolute atomic E-state index is 0.0126. The smallest absolute Gasteiger partial charge is 0.236 e. The van der Waals surface area contributed by atoms with E-state index in [4.69, 9.17) is 16.0 Å². The van der Waals surface area contributed by atoms with Gasteiger partial charge in [0.15, 0.2) is 5.84 Å². The molecule has 0 spiro atoms. The molecule has 1 amide bonds. The number of hydrogen-bond acceptors (Lipinski definition) is 4. The van der Waals surface area contributed by atoms with Crippen LogP contribution in [0.15, 0.2) is 5.16 Å². The average Bonchev–Trinajstić information content (AvgIpc) is 2.82. The fourth-order valence-corrected chi connectivity index (χ4v) is 3.46. The summed E-state index contributed by atoms with van der Waals surface area (Å²) in [7, 11) is 0. The maximum atomic E-state index is 12.6. The lowest BCUT2D eigenvalue weighted by atomic mass is 9.61. The number of amidine groups is 1. The highest BCUT2D eigenvalue weighted by atomic mass is 16.4. The van der Waals surface area contributed by atoms with Crippen molar-refractivity contribution >= 4 is 11.7 Å². The molecule has 6 heteroatoms. The molecule has 19 heavy (non-hydrogen) atoms. The van der Waals surface area contributed by atoms with Crippen molar-refractivity contribution in [3.63, 3.8) is 0 Å².